The van der Waals surface area contributed by atoms with Crippen LogP contribution >= 0.6 is 12.6 Å². The van der Waals surface area contributed by atoms with Crippen molar-refractivity contribution in [2.75, 3.05) is 12.3 Å². The summed E-state index contributed by atoms with van der Waals surface area (Å²) in [5, 5.41) is 16.9. The van der Waals surface area contributed by atoms with E-state index in [1.165, 1.54) is 12.5 Å². The average Bonchev–Trinajstić information content (AvgIpc) is 3.33. The van der Waals surface area contributed by atoms with Gasteiger partial charge in [-0.25, -0.2) is 9.78 Å². The van der Waals surface area contributed by atoms with Gasteiger partial charge in [0, 0.05) is 24.1 Å². The molecule has 0 aliphatic carbocycles. The highest BCUT2D eigenvalue weighted by Crippen LogP contribution is 2.08. The number of unbranched alkanes of at least 4 members (excludes halogenated alkanes) is 1. The van der Waals surface area contributed by atoms with Crippen LogP contribution < -0.4 is 27.4 Å². The summed E-state index contributed by atoms with van der Waals surface area (Å²) in [5.74, 6) is -3.20. The molecule has 0 aliphatic rings. The SMILES string of the molecule is CCC(C)C(N)C(=O)NC(Cc1cnc[nH]1)C(=O)NC(CCCCN)C(=O)NC(CS)C(=O)O. The first-order valence-electron chi connectivity index (χ1n) is 11.3. The highest BCUT2D eigenvalue weighted by atomic mass is 32.1. The lowest BCUT2D eigenvalue weighted by atomic mass is 9.98. The van der Waals surface area contributed by atoms with E-state index in [-0.39, 0.29) is 24.5 Å². The van der Waals surface area contributed by atoms with E-state index in [1.807, 2.05) is 13.8 Å². The van der Waals surface area contributed by atoms with E-state index in [9.17, 15) is 24.3 Å². The van der Waals surface area contributed by atoms with E-state index < -0.39 is 47.9 Å². The van der Waals surface area contributed by atoms with Gasteiger partial charge in [0.2, 0.25) is 17.7 Å². The number of thiol groups is 1. The fourth-order valence-corrected chi connectivity index (χ4v) is 3.34. The molecule has 1 heterocycles. The second-order valence-corrected chi connectivity index (χ2v) is 8.55. The number of aromatic amines is 1. The zero-order valence-electron chi connectivity index (χ0n) is 19.6. The van der Waals surface area contributed by atoms with Crippen molar-refractivity contribution < 1.29 is 24.3 Å². The highest BCUT2D eigenvalue weighted by molar-refractivity contribution is 7.80. The van der Waals surface area contributed by atoms with Crippen LogP contribution in [0.2, 0.25) is 0 Å². The van der Waals surface area contributed by atoms with Crippen LogP contribution in [0.15, 0.2) is 12.5 Å². The van der Waals surface area contributed by atoms with Gasteiger partial charge in [-0.05, 0) is 31.7 Å². The number of hydrogen-bond donors (Lipinski definition) is 8. The van der Waals surface area contributed by atoms with Crippen LogP contribution in [0.25, 0.3) is 0 Å². The van der Waals surface area contributed by atoms with Gasteiger partial charge in [0.15, 0.2) is 0 Å². The second-order valence-electron chi connectivity index (χ2n) is 8.18. The molecule has 3 amide bonds. The Kier molecular flexibility index (Phi) is 13.2. The fourth-order valence-electron chi connectivity index (χ4n) is 3.10. The molecule has 192 valence electrons. The van der Waals surface area contributed by atoms with Crippen LogP contribution in [0.4, 0.5) is 0 Å². The van der Waals surface area contributed by atoms with Crippen LogP contribution in [0, 0.1) is 5.92 Å². The number of amides is 3. The zero-order chi connectivity index (χ0) is 25.7. The predicted octanol–water partition coefficient (Wildman–Crippen LogP) is -1.08. The lowest BCUT2D eigenvalue weighted by molar-refractivity contribution is -0.141. The monoisotopic (exact) mass is 499 g/mol. The highest BCUT2D eigenvalue weighted by Gasteiger charge is 2.31. The van der Waals surface area contributed by atoms with Gasteiger partial charge in [-0.15, -0.1) is 0 Å². The number of nitrogens with one attached hydrogen (secondary N) is 4. The minimum absolute atomic E-state index is 0.0936. The molecule has 0 saturated heterocycles. The minimum Gasteiger partial charge on any atom is -0.480 e. The number of carboxylic acid groups (broad SMARTS) is 1. The molecule has 0 bridgehead atoms. The van der Waals surface area contributed by atoms with Crippen molar-refractivity contribution in [2.45, 2.75) is 70.1 Å². The van der Waals surface area contributed by atoms with Crippen LogP contribution in [-0.2, 0) is 25.6 Å². The number of rotatable bonds is 16. The molecule has 13 heteroatoms. The Bertz CT molecular complexity index is 792. The Morgan fingerprint density at radius 2 is 1.71 bits per heavy atom. The summed E-state index contributed by atoms with van der Waals surface area (Å²) in [4.78, 5) is 56.7. The number of aromatic nitrogens is 2. The molecule has 34 heavy (non-hydrogen) atoms. The number of aliphatic carboxylic acids is 1. The third kappa shape index (κ3) is 9.69. The largest absolute Gasteiger partial charge is 0.480 e. The average molecular weight is 500 g/mol. The Morgan fingerprint density at radius 1 is 1.09 bits per heavy atom. The summed E-state index contributed by atoms with van der Waals surface area (Å²) in [6, 6.07) is -4.07. The molecule has 0 radical (unpaired) electrons. The topological polar surface area (TPSA) is 205 Å². The maximum absolute atomic E-state index is 13.2. The van der Waals surface area contributed by atoms with Crippen LogP contribution in [-0.4, -0.2) is 75.2 Å². The van der Waals surface area contributed by atoms with Gasteiger partial charge in [-0.3, -0.25) is 14.4 Å². The summed E-state index contributed by atoms with van der Waals surface area (Å²) < 4.78 is 0. The molecule has 5 unspecified atom stereocenters. The molecule has 5 atom stereocenters. The summed E-state index contributed by atoms with van der Waals surface area (Å²) in [5.41, 5.74) is 12.2. The molecule has 0 fully saturated rings. The van der Waals surface area contributed by atoms with Gasteiger partial charge in [-0.2, -0.15) is 12.6 Å². The quantitative estimate of drug-likeness (QED) is 0.103. The van der Waals surface area contributed by atoms with Gasteiger partial charge in [0.25, 0.3) is 0 Å². The Morgan fingerprint density at radius 3 is 2.24 bits per heavy atom. The first-order valence-corrected chi connectivity index (χ1v) is 11.9. The molecule has 1 rings (SSSR count). The van der Waals surface area contributed by atoms with E-state index in [2.05, 4.69) is 38.5 Å². The van der Waals surface area contributed by atoms with Crippen molar-refractivity contribution >= 4 is 36.3 Å². The first-order chi connectivity index (χ1) is 16.1. The Balaban J connectivity index is 3.03. The van der Waals surface area contributed by atoms with Crippen molar-refractivity contribution in [1.29, 1.82) is 0 Å². The van der Waals surface area contributed by atoms with E-state index in [0.29, 0.717) is 31.5 Å². The van der Waals surface area contributed by atoms with Crippen molar-refractivity contribution in [1.82, 2.24) is 25.9 Å². The van der Waals surface area contributed by atoms with Crippen LogP contribution in [0.5, 0.6) is 0 Å². The molecular weight excluding hydrogens is 462 g/mol. The van der Waals surface area contributed by atoms with Gasteiger partial charge in [-0.1, -0.05) is 20.3 Å². The van der Waals surface area contributed by atoms with Crippen LogP contribution in [0.3, 0.4) is 0 Å². The van der Waals surface area contributed by atoms with Gasteiger partial charge >= 0.3 is 5.97 Å². The molecule has 12 nitrogen and oxygen atoms in total. The number of carboxylic acids is 1. The molecule has 1 aromatic rings. The third-order valence-corrected chi connectivity index (χ3v) is 5.91. The van der Waals surface area contributed by atoms with Crippen molar-refractivity contribution in [3.8, 4) is 0 Å². The molecule has 9 N–H and O–H groups in total. The number of H-pyrrole nitrogens is 1. The summed E-state index contributed by atoms with van der Waals surface area (Å²) in [7, 11) is 0. The first kappa shape index (κ1) is 29.4. The smallest absolute Gasteiger partial charge is 0.327 e. The third-order valence-electron chi connectivity index (χ3n) is 5.55. The molecule has 0 aliphatic heterocycles. The normalized spacial score (nSPS) is 15.4. The summed E-state index contributed by atoms with van der Waals surface area (Å²) in [6.07, 6.45) is 5.14. The Hall–Kier alpha value is -2.64. The van der Waals surface area contributed by atoms with Crippen LogP contribution in [0.1, 0.15) is 45.2 Å². The maximum Gasteiger partial charge on any atom is 0.327 e. The van der Waals surface area contributed by atoms with E-state index in [4.69, 9.17) is 11.5 Å². The number of nitrogens with zero attached hydrogens (tertiary/aromatic N) is 1. The Labute approximate surface area is 204 Å². The zero-order valence-corrected chi connectivity index (χ0v) is 20.5. The van der Waals surface area contributed by atoms with Gasteiger partial charge in [0.05, 0.1) is 12.4 Å². The fraction of sp³-hybridized carbons (Fsp3) is 0.667. The lowest BCUT2D eigenvalue weighted by Crippen LogP contribution is -2.58. The number of nitrogens with two attached hydrogens (primary N) is 2. The van der Waals surface area contributed by atoms with Gasteiger partial charge < -0.3 is 37.5 Å². The summed E-state index contributed by atoms with van der Waals surface area (Å²) >= 11 is 3.95. The van der Waals surface area contributed by atoms with E-state index in [1.54, 1.807) is 0 Å². The van der Waals surface area contributed by atoms with Crippen molar-refractivity contribution in [3.05, 3.63) is 18.2 Å². The maximum atomic E-state index is 13.2. The molecule has 0 spiro atoms. The minimum atomic E-state index is -1.24. The predicted molar refractivity (Wildman–Crippen MR) is 130 cm³/mol. The van der Waals surface area contributed by atoms with Gasteiger partial charge in [0.1, 0.15) is 18.1 Å². The molecule has 0 saturated carbocycles. The number of hydrogen-bond acceptors (Lipinski definition) is 8. The van der Waals surface area contributed by atoms with Crippen molar-refractivity contribution in [2.24, 2.45) is 17.4 Å². The van der Waals surface area contributed by atoms with E-state index in [0.717, 1.165) is 0 Å². The number of imidazole rings is 1. The lowest BCUT2D eigenvalue weighted by Gasteiger charge is -2.26. The molecule has 1 aromatic heterocycles. The van der Waals surface area contributed by atoms with Crippen molar-refractivity contribution in [3.63, 3.8) is 0 Å². The standard InChI is InChI=1S/C21H37N7O5S/c1-3-12(2)17(23)20(31)27-15(8-13-9-24-11-25-13)19(30)26-14(6-4-5-7-22)18(29)28-16(10-34)21(32)33/h9,11-12,14-17,34H,3-8,10,22-23H2,1-2H3,(H,24,25)(H,26,30)(H,27,31)(H,28,29)(H,32,33). The summed E-state index contributed by atoms with van der Waals surface area (Å²) in [6.45, 7) is 4.15. The second kappa shape index (κ2) is 15.3. The molecular formula is C21H37N7O5S. The van der Waals surface area contributed by atoms with E-state index >= 15 is 0 Å². The molecule has 0 aromatic carbocycles. The number of carbonyl (C=O) groups is 4. The number of carbonyl (C=O) groups excluding carboxylic acids is 3.